The summed E-state index contributed by atoms with van der Waals surface area (Å²) >= 11 is 7.46. The van der Waals surface area contributed by atoms with E-state index in [1.54, 1.807) is 45.2 Å². The Bertz CT molecular complexity index is 1620. The molecule has 6 nitrogen and oxygen atoms in total. The quantitative estimate of drug-likeness (QED) is 0.183. The molecule has 234 valence electrons. The van der Waals surface area contributed by atoms with E-state index in [1.807, 2.05) is 31.3 Å². The molecule has 1 fully saturated rings. The Balaban J connectivity index is 1.79. The van der Waals surface area contributed by atoms with Gasteiger partial charge in [-0.3, -0.25) is 9.59 Å². The second kappa shape index (κ2) is 14.5. The molecule has 10 heteroatoms. The number of thiophene rings is 1. The van der Waals surface area contributed by atoms with E-state index in [4.69, 9.17) is 16.3 Å². The number of fused-ring (bicyclic) bond motifs is 1. The topological polar surface area (TPSA) is 61.9 Å². The SMILES string of the molecule is C=C/C=C(\C=C(/C)C(=O)N(C)C)c1ccc(OC)c(CN(C(=O)c2sc3c(F)ccc(F)c3c2Cl)C2CCC(NC)CC2)c1. The van der Waals surface area contributed by atoms with E-state index in [1.165, 1.54) is 4.90 Å². The first kappa shape index (κ1) is 33.4. The maximum Gasteiger partial charge on any atom is 0.266 e. The lowest BCUT2D eigenvalue weighted by Gasteiger charge is -2.37. The van der Waals surface area contributed by atoms with Crippen LogP contribution < -0.4 is 10.1 Å². The lowest BCUT2D eigenvalue weighted by Crippen LogP contribution is -2.44. The van der Waals surface area contributed by atoms with Crippen LogP contribution in [0, 0.1) is 11.6 Å². The average Bonchev–Trinajstić information content (AvgIpc) is 3.38. The molecule has 1 aromatic heterocycles. The van der Waals surface area contributed by atoms with Gasteiger partial charge in [-0.2, -0.15) is 0 Å². The molecule has 1 heterocycles. The Labute approximate surface area is 266 Å². The molecule has 1 aliphatic rings. The van der Waals surface area contributed by atoms with Crippen LogP contribution in [-0.2, 0) is 11.3 Å². The number of carbonyl (C=O) groups excluding carboxylic acids is 2. The number of benzene rings is 2. The number of nitrogens with zero attached hydrogens (tertiary/aromatic N) is 2. The van der Waals surface area contributed by atoms with Crippen LogP contribution in [0.2, 0.25) is 5.02 Å². The van der Waals surface area contributed by atoms with Crippen molar-refractivity contribution in [2.45, 2.75) is 51.2 Å². The predicted molar refractivity (Wildman–Crippen MR) is 175 cm³/mol. The zero-order valence-electron chi connectivity index (χ0n) is 25.7. The summed E-state index contributed by atoms with van der Waals surface area (Å²) in [5, 5.41) is 3.16. The molecule has 0 bridgehead atoms. The Morgan fingerprint density at radius 1 is 1.14 bits per heavy atom. The summed E-state index contributed by atoms with van der Waals surface area (Å²) in [6, 6.07) is 7.94. The third-order valence-corrected chi connectivity index (χ3v) is 9.73. The summed E-state index contributed by atoms with van der Waals surface area (Å²) in [6.45, 7) is 5.78. The highest BCUT2D eigenvalue weighted by Gasteiger charge is 2.33. The Hall–Kier alpha value is -3.53. The smallest absolute Gasteiger partial charge is 0.266 e. The number of likely N-dealkylation sites (N-methyl/N-ethyl adjacent to an activating group) is 1. The van der Waals surface area contributed by atoms with Gasteiger partial charge in [0.05, 0.1) is 22.2 Å². The molecular formula is C34H38ClF2N3O3S. The van der Waals surface area contributed by atoms with Crippen LogP contribution in [-0.4, -0.2) is 62.0 Å². The molecule has 1 aliphatic carbocycles. The van der Waals surface area contributed by atoms with E-state index in [0.717, 1.165) is 65.9 Å². The largest absolute Gasteiger partial charge is 0.496 e. The van der Waals surface area contributed by atoms with Gasteiger partial charge in [0.15, 0.2) is 0 Å². The summed E-state index contributed by atoms with van der Waals surface area (Å²) < 4.78 is 35.1. The molecule has 1 N–H and O–H groups in total. The van der Waals surface area contributed by atoms with Crippen molar-refractivity contribution < 1.29 is 23.1 Å². The highest BCUT2D eigenvalue weighted by Crippen LogP contribution is 2.40. The van der Waals surface area contributed by atoms with Crippen molar-refractivity contribution in [2.75, 3.05) is 28.3 Å². The van der Waals surface area contributed by atoms with Crippen molar-refractivity contribution in [1.82, 2.24) is 15.1 Å². The fourth-order valence-corrected chi connectivity index (χ4v) is 7.18. The van der Waals surface area contributed by atoms with E-state index in [2.05, 4.69) is 11.9 Å². The van der Waals surface area contributed by atoms with Gasteiger partial charge in [0.25, 0.3) is 5.91 Å². The third-order valence-electron chi connectivity index (χ3n) is 8.05. The molecule has 3 aromatic rings. The van der Waals surface area contributed by atoms with Crippen LogP contribution in [0.3, 0.4) is 0 Å². The first-order chi connectivity index (χ1) is 21.0. The number of halogens is 3. The number of allylic oxidation sites excluding steroid dienone is 4. The predicted octanol–water partition coefficient (Wildman–Crippen LogP) is 7.62. The van der Waals surface area contributed by atoms with Crippen molar-refractivity contribution in [3.63, 3.8) is 0 Å². The molecule has 0 aliphatic heterocycles. The Kier molecular flexibility index (Phi) is 11.0. The van der Waals surface area contributed by atoms with Crippen molar-refractivity contribution in [3.05, 3.63) is 93.4 Å². The maximum absolute atomic E-state index is 14.7. The van der Waals surface area contributed by atoms with Crippen LogP contribution in [0.25, 0.3) is 15.7 Å². The molecule has 2 aromatic carbocycles. The summed E-state index contributed by atoms with van der Waals surface area (Å²) in [5.74, 6) is -1.21. The fraction of sp³-hybridized carbons (Fsp3) is 0.353. The van der Waals surface area contributed by atoms with E-state index in [0.29, 0.717) is 17.4 Å². The summed E-state index contributed by atoms with van der Waals surface area (Å²) in [4.78, 5) is 30.2. The molecule has 0 atom stereocenters. The number of hydrogen-bond donors (Lipinski definition) is 1. The number of amides is 2. The number of ether oxygens (including phenoxy) is 1. The number of methoxy groups -OCH3 is 1. The number of nitrogens with one attached hydrogen (secondary N) is 1. The zero-order valence-corrected chi connectivity index (χ0v) is 27.2. The van der Waals surface area contributed by atoms with Crippen LogP contribution >= 0.6 is 22.9 Å². The van der Waals surface area contributed by atoms with Gasteiger partial charge in [-0.1, -0.05) is 36.4 Å². The molecule has 44 heavy (non-hydrogen) atoms. The van der Waals surface area contributed by atoms with Crippen LogP contribution in [0.1, 0.15) is 53.4 Å². The van der Waals surface area contributed by atoms with Crippen LogP contribution in [0.4, 0.5) is 8.78 Å². The van der Waals surface area contributed by atoms with Gasteiger partial charge in [0.1, 0.15) is 22.3 Å². The zero-order chi connectivity index (χ0) is 32.1. The van der Waals surface area contributed by atoms with Crippen molar-refractivity contribution in [2.24, 2.45) is 0 Å². The first-order valence-corrected chi connectivity index (χ1v) is 15.6. The lowest BCUT2D eigenvalue weighted by atomic mass is 9.89. The van der Waals surface area contributed by atoms with E-state index in [-0.39, 0.29) is 44.4 Å². The Morgan fingerprint density at radius 2 is 1.82 bits per heavy atom. The number of carbonyl (C=O) groups is 2. The summed E-state index contributed by atoms with van der Waals surface area (Å²) in [5.41, 5.74) is 2.87. The maximum atomic E-state index is 14.7. The molecule has 4 rings (SSSR count). The Morgan fingerprint density at radius 3 is 2.41 bits per heavy atom. The molecule has 0 saturated heterocycles. The molecule has 1 saturated carbocycles. The molecule has 0 radical (unpaired) electrons. The number of hydrogen-bond acceptors (Lipinski definition) is 5. The van der Waals surface area contributed by atoms with Crippen LogP contribution in [0.5, 0.6) is 5.75 Å². The van der Waals surface area contributed by atoms with Crippen molar-refractivity contribution in [1.29, 1.82) is 0 Å². The second-order valence-corrected chi connectivity index (χ2v) is 12.5. The third kappa shape index (κ3) is 7.06. The van der Waals surface area contributed by atoms with Gasteiger partial charge < -0.3 is 19.9 Å². The standard InChI is InChI=1S/C34H38ClF2N3O3S/c1-7-8-21(17-20(2)33(41)39(4)5)22-9-16-28(43-6)23(18-22)19-40(25-12-10-24(38-3)11-13-25)34(42)32-30(35)29-26(36)14-15-27(37)31(29)44-32/h7-9,14-18,24-25,38H,1,10-13,19H2,2-6H3/b20-17+,21-8+. The van der Waals surface area contributed by atoms with Gasteiger partial charge in [-0.05, 0) is 81.1 Å². The second-order valence-electron chi connectivity index (χ2n) is 11.1. The van der Waals surface area contributed by atoms with E-state index in [9.17, 15) is 18.4 Å². The minimum atomic E-state index is -0.671. The minimum Gasteiger partial charge on any atom is -0.496 e. The lowest BCUT2D eigenvalue weighted by molar-refractivity contribution is -0.124. The van der Waals surface area contributed by atoms with Crippen molar-refractivity contribution >= 4 is 50.4 Å². The first-order valence-electron chi connectivity index (χ1n) is 14.4. The van der Waals surface area contributed by atoms with Gasteiger partial charge in [0.2, 0.25) is 5.91 Å². The van der Waals surface area contributed by atoms with Crippen molar-refractivity contribution in [3.8, 4) is 5.75 Å². The summed E-state index contributed by atoms with van der Waals surface area (Å²) in [6.07, 6.45) is 8.53. The summed E-state index contributed by atoms with van der Waals surface area (Å²) in [7, 11) is 6.89. The molecule has 0 spiro atoms. The van der Waals surface area contributed by atoms with Gasteiger partial charge in [0, 0.05) is 43.9 Å². The molecular weight excluding hydrogens is 604 g/mol. The number of rotatable bonds is 10. The van der Waals surface area contributed by atoms with Gasteiger partial charge in [-0.15, -0.1) is 11.3 Å². The van der Waals surface area contributed by atoms with Gasteiger partial charge >= 0.3 is 0 Å². The monoisotopic (exact) mass is 641 g/mol. The minimum absolute atomic E-state index is 0.0189. The van der Waals surface area contributed by atoms with E-state index >= 15 is 0 Å². The molecule has 0 unspecified atom stereocenters. The fourth-order valence-electron chi connectivity index (χ4n) is 5.68. The normalized spacial score (nSPS) is 17.5. The van der Waals surface area contributed by atoms with Crippen LogP contribution in [0.15, 0.2) is 60.7 Å². The highest BCUT2D eigenvalue weighted by molar-refractivity contribution is 7.21. The average molecular weight is 642 g/mol. The highest BCUT2D eigenvalue weighted by atomic mass is 35.5. The van der Waals surface area contributed by atoms with Gasteiger partial charge in [-0.25, -0.2) is 8.78 Å². The molecule has 2 amide bonds. The van der Waals surface area contributed by atoms with E-state index < -0.39 is 11.6 Å².